The Bertz CT molecular complexity index is 792. The van der Waals surface area contributed by atoms with E-state index in [0.717, 1.165) is 6.07 Å². The van der Waals surface area contributed by atoms with Crippen LogP contribution in [0.4, 0.5) is 10.1 Å². The first kappa shape index (κ1) is 14.1. The van der Waals surface area contributed by atoms with Crippen molar-refractivity contribution in [2.75, 3.05) is 14.2 Å². The van der Waals surface area contributed by atoms with Gasteiger partial charge < -0.3 is 14.7 Å². The van der Waals surface area contributed by atoms with Gasteiger partial charge in [-0.25, -0.2) is 4.39 Å². The van der Waals surface area contributed by atoms with Crippen LogP contribution >= 0.6 is 0 Å². The molecule has 0 N–H and O–H groups in total. The molecule has 3 rings (SSSR count). The molecule has 0 aromatic heterocycles. The van der Waals surface area contributed by atoms with Crippen molar-refractivity contribution in [3.63, 3.8) is 0 Å². The average molecular weight is 301 g/mol. The number of carbonyl (C=O) groups excluding carboxylic acids is 1. The molecular weight excluding hydrogens is 289 g/mol. The second kappa shape index (κ2) is 5.14. The maximum absolute atomic E-state index is 13.8. The van der Waals surface area contributed by atoms with Crippen LogP contribution in [0.3, 0.4) is 0 Å². The summed E-state index contributed by atoms with van der Waals surface area (Å²) in [6.45, 7) is 0. The van der Waals surface area contributed by atoms with Crippen molar-refractivity contribution in [3.05, 3.63) is 58.5 Å². The van der Waals surface area contributed by atoms with E-state index in [1.165, 1.54) is 38.5 Å². The van der Waals surface area contributed by atoms with Crippen LogP contribution in [0, 0.1) is 11.0 Å². The van der Waals surface area contributed by atoms with E-state index in [4.69, 9.17) is 9.47 Å². The lowest BCUT2D eigenvalue weighted by Gasteiger charge is -2.07. The van der Waals surface area contributed by atoms with Crippen molar-refractivity contribution in [1.29, 1.82) is 0 Å². The van der Waals surface area contributed by atoms with Gasteiger partial charge in [-0.3, -0.25) is 4.79 Å². The third kappa shape index (κ3) is 2.00. The van der Waals surface area contributed by atoms with E-state index in [1.54, 1.807) is 6.07 Å². The average Bonchev–Trinajstić information content (AvgIpc) is 2.79. The SMILES string of the molecule is COc1cc(OC)cc(C2=[N+]([O-])c3cccc(F)c3C2=O)c1. The number of benzene rings is 2. The number of Topliss-reactive ketones (excluding diaryl/α,β-unsaturated/α-hetero) is 1. The van der Waals surface area contributed by atoms with Gasteiger partial charge in [0.2, 0.25) is 5.69 Å². The maximum atomic E-state index is 13.8. The number of ether oxygens (including phenoxy) is 2. The Morgan fingerprint density at radius 2 is 1.73 bits per heavy atom. The van der Waals surface area contributed by atoms with Crippen molar-refractivity contribution in [2.45, 2.75) is 0 Å². The molecule has 2 aromatic carbocycles. The Morgan fingerprint density at radius 3 is 2.27 bits per heavy atom. The van der Waals surface area contributed by atoms with E-state index in [1.807, 2.05) is 0 Å². The normalized spacial score (nSPS) is 13.3. The summed E-state index contributed by atoms with van der Waals surface area (Å²) in [6.07, 6.45) is 0. The zero-order valence-electron chi connectivity index (χ0n) is 11.9. The van der Waals surface area contributed by atoms with Gasteiger partial charge in [0.1, 0.15) is 22.9 Å². The zero-order valence-corrected chi connectivity index (χ0v) is 11.9. The monoisotopic (exact) mass is 301 g/mol. The third-order valence-corrected chi connectivity index (χ3v) is 3.48. The van der Waals surface area contributed by atoms with Gasteiger partial charge in [-0.15, -0.1) is 0 Å². The fourth-order valence-electron chi connectivity index (χ4n) is 2.43. The summed E-state index contributed by atoms with van der Waals surface area (Å²) in [5.74, 6) is -0.509. The van der Waals surface area contributed by atoms with Crippen LogP contribution < -0.4 is 9.47 Å². The van der Waals surface area contributed by atoms with Crippen molar-refractivity contribution in [2.24, 2.45) is 0 Å². The summed E-state index contributed by atoms with van der Waals surface area (Å²) in [5.41, 5.74) is -0.0554. The predicted molar refractivity (Wildman–Crippen MR) is 77.7 cm³/mol. The second-order valence-corrected chi connectivity index (χ2v) is 4.71. The zero-order chi connectivity index (χ0) is 15.9. The van der Waals surface area contributed by atoms with Crippen LogP contribution in [0.5, 0.6) is 11.5 Å². The standard InChI is InChI=1S/C16H12FNO4/c1-21-10-6-9(7-11(8-10)22-2)15-16(19)14-12(17)4-3-5-13(14)18(15)20/h3-8H,1-2H3. The molecule has 0 radical (unpaired) electrons. The molecule has 0 saturated carbocycles. The highest BCUT2D eigenvalue weighted by molar-refractivity contribution is 6.52. The molecule has 0 fully saturated rings. The molecule has 0 saturated heterocycles. The summed E-state index contributed by atoms with van der Waals surface area (Å²) >= 11 is 0. The number of fused-ring (bicyclic) bond motifs is 1. The molecular formula is C16H12FNO4. The number of methoxy groups -OCH3 is 2. The minimum atomic E-state index is -0.715. The quantitative estimate of drug-likeness (QED) is 0.646. The number of hydrogen-bond donors (Lipinski definition) is 0. The lowest BCUT2D eigenvalue weighted by atomic mass is 10.0. The number of halogens is 1. The van der Waals surface area contributed by atoms with Crippen LogP contribution in [0.25, 0.3) is 0 Å². The molecule has 112 valence electrons. The van der Waals surface area contributed by atoms with Crippen LogP contribution in [-0.4, -0.2) is 30.5 Å². The molecule has 0 spiro atoms. The van der Waals surface area contributed by atoms with Gasteiger partial charge in [-0.05, 0) is 18.2 Å². The number of carbonyl (C=O) groups is 1. The number of nitrogens with zero attached hydrogens (tertiary/aromatic N) is 1. The fraction of sp³-hybridized carbons (Fsp3) is 0.125. The molecule has 2 aromatic rings. The maximum Gasteiger partial charge on any atom is 0.273 e. The Labute approximate surface area is 125 Å². The topological polar surface area (TPSA) is 61.6 Å². The van der Waals surface area contributed by atoms with Crippen molar-refractivity contribution >= 4 is 17.2 Å². The fourth-order valence-corrected chi connectivity index (χ4v) is 2.43. The Hall–Kier alpha value is -2.89. The third-order valence-electron chi connectivity index (χ3n) is 3.48. The summed E-state index contributed by atoms with van der Waals surface area (Å²) in [5, 5.41) is 12.4. The van der Waals surface area contributed by atoms with Crippen LogP contribution in [0.1, 0.15) is 15.9 Å². The van der Waals surface area contributed by atoms with E-state index in [-0.39, 0.29) is 17.0 Å². The summed E-state index contributed by atoms with van der Waals surface area (Å²) in [4.78, 5) is 12.4. The molecule has 5 nitrogen and oxygen atoms in total. The molecule has 0 atom stereocenters. The van der Waals surface area contributed by atoms with Crippen molar-refractivity contribution < 1.29 is 23.4 Å². The van der Waals surface area contributed by atoms with Crippen LogP contribution in [0.2, 0.25) is 0 Å². The van der Waals surface area contributed by atoms with Gasteiger partial charge in [0.05, 0.1) is 19.8 Å². The lowest BCUT2D eigenvalue weighted by molar-refractivity contribution is -0.355. The van der Waals surface area contributed by atoms with Gasteiger partial charge in [-0.1, -0.05) is 6.07 Å². The summed E-state index contributed by atoms with van der Waals surface area (Å²) in [6, 6.07) is 8.63. The second-order valence-electron chi connectivity index (χ2n) is 4.71. The Kier molecular flexibility index (Phi) is 3.29. The van der Waals surface area contributed by atoms with E-state index in [2.05, 4.69) is 0 Å². The van der Waals surface area contributed by atoms with Gasteiger partial charge in [0.15, 0.2) is 0 Å². The van der Waals surface area contributed by atoms with Gasteiger partial charge >= 0.3 is 0 Å². The van der Waals surface area contributed by atoms with E-state index >= 15 is 0 Å². The van der Waals surface area contributed by atoms with E-state index < -0.39 is 11.6 Å². The molecule has 0 amide bonds. The highest BCUT2D eigenvalue weighted by atomic mass is 19.1. The van der Waals surface area contributed by atoms with Gasteiger partial charge in [0.25, 0.3) is 11.5 Å². The first-order chi connectivity index (χ1) is 10.6. The molecule has 22 heavy (non-hydrogen) atoms. The molecule has 0 aliphatic carbocycles. The predicted octanol–water partition coefficient (Wildman–Crippen LogP) is 2.67. The highest BCUT2D eigenvalue weighted by Crippen LogP contribution is 2.32. The van der Waals surface area contributed by atoms with Crippen molar-refractivity contribution in [3.8, 4) is 11.5 Å². The van der Waals surface area contributed by atoms with Crippen LogP contribution in [-0.2, 0) is 0 Å². The molecule has 1 aliphatic rings. The summed E-state index contributed by atoms with van der Waals surface area (Å²) in [7, 11) is 2.92. The van der Waals surface area contributed by atoms with E-state index in [0.29, 0.717) is 21.8 Å². The lowest BCUT2D eigenvalue weighted by Crippen LogP contribution is -2.17. The Morgan fingerprint density at radius 1 is 1.09 bits per heavy atom. The van der Waals surface area contributed by atoms with Gasteiger partial charge in [-0.2, -0.15) is 4.74 Å². The van der Waals surface area contributed by atoms with Gasteiger partial charge in [0, 0.05) is 12.1 Å². The molecule has 1 aliphatic heterocycles. The molecule has 1 heterocycles. The Balaban J connectivity index is 2.20. The molecule has 0 unspecified atom stereocenters. The largest absolute Gasteiger partial charge is 0.618 e. The smallest absolute Gasteiger partial charge is 0.273 e. The minimum absolute atomic E-state index is 0.00165. The molecule has 6 heteroatoms. The van der Waals surface area contributed by atoms with E-state index in [9.17, 15) is 14.4 Å². The number of rotatable bonds is 3. The minimum Gasteiger partial charge on any atom is -0.618 e. The highest BCUT2D eigenvalue weighted by Gasteiger charge is 2.39. The number of ketones is 1. The summed E-state index contributed by atoms with van der Waals surface area (Å²) < 4.78 is 24.5. The first-order valence-corrected chi connectivity index (χ1v) is 6.47. The first-order valence-electron chi connectivity index (χ1n) is 6.47. The number of hydrogen-bond acceptors (Lipinski definition) is 4. The molecule has 0 bridgehead atoms. The van der Waals surface area contributed by atoms with Crippen molar-refractivity contribution in [1.82, 2.24) is 0 Å². The van der Waals surface area contributed by atoms with Crippen LogP contribution in [0.15, 0.2) is 36.4 Å².